The predicted octanol–water partition coefficient (Wildman–Crippen LogP) is 0.520. The molecule has 0 aromatic heterocycles. The third-order valence-electron chi connectivity index (χ3n) is 4.42. The topological polar surface area (TPSA) is 41.7 Å². The lowest BCUT2D eigenvalue weighted by Gasteiger charge is -2.48. The first-order valence-electron chi connectivity index (χ1n) is 6.72. The molecule has 0 radical (unpaired) electrons. The molecule has 0 aromatic rings. The van der Waals surface area contributed by atoms with Crippen LogP contribution in [0.2, 0.25) is 0 Å². The molecule has 4 nitrogen and oxygen atoms in total. The quantitative estimate of drug-likeness (QED) is 0.765. The second-order valence-electron chi connectivity index (χ2n) is 6.42. The summed E-state index contributed by atoms with van der Waals surface area (Å²) in [6.07, 6.45) is 2.00. The van der Waals surface area contributed by atoms with Crippen molar-refractivity contribution in [1.29, 1.82) is 0 Å². The Morgan fingerprint density at radius 2 is 1.82 bits per heavy atom. The molecule has 0 amide bonds. The van der Waals surface area contributed by atoms with Gasteiger partial charge in [0.25, 0.3) is 0 Å². The van der Waals surface area contributed by atoms with Gasteiger partial charge in [0.05, 0.1) is 0 Å². The lowest BCUT2D eigenvalue weighted by Crippen LogP contribution is -2.62. The molecule has 2 saturated heterocycles. The van der Waals surface area contributed by atoms with Gasteiger partial charge >= 0.3 is 0 Å². The average Bonchev–Trinajstić information content (AvgIpc) is 2.24. The molecule has 0 saturated carbocycles. The first-order valence-corrected chi connectivity index (χ1v) is 6.72. The van der Waals surface area contributed by atoms with Gasteiger partial charge in [-0.05, 0) is 33.7 Å². The van der Waals surface area contributed by atoms with Crippen molar-refractivity contribution in [1.82, 2.24) is 9.80 Å². The molecule has 2 aliphatic heterocycles. The molecule has 100 valence electrons. The highest BCUT2D eigenvalue weighted by atomic mass is 16.5. The number of ether oxygens (including phenoxy) is 1. The SMILES string of the molecule is CN1CCN(CC2(N)CCOCC2)CC1(C)C. The van der Waals surface area contributed by atoms with E-state index >= 15 is 0 Å². The molecule has 2 N–H and O–H groups in total. The molecule has 0 spiro atoms. The van der Waals surface area contributed by atoms with Gasteiger partial charge in [-0.1, -0.05) is 0 Å². The zero-order chi connectivity index (χ0) is 12.5. The van der Waals surface area contributed by atoms with Crippen molar-refractivity contribution >= 4 is 0 Å². The van der Waals surface area contributed by atoms with E-state index in [0.717, 1.165) is 52.2 Å². The van der Waals surface area contributed by atoms with Gasteiger partial charge in [0.2, 0.25) is 0 Å². The number of nitrogens with zero attached hydrogens (tertiary/aromatic N) is 2. The van der Waals surface area contributed by atoms with Gasteiger partial charge in [0.1, 0.15) is 0 Å². The van der Waals surface area contributed by atoms with Gasteiger partial charge in [0, 0.05) is 50.5 Å². The highest BCUT2D eigenvalue weighted by molar-refractivity contribution is 4.94. The Hall–Kier alpha value is -0.160. The Morgan fingerprint density at radius 3 is 2.41 bits per heavy atom. The number of nitrogens with two attached hydrogens (primary N) is 1. The number of likely N-dealkylation sites (N-methyl/N-ethyl adjacent to an activating group) is 1. The molecule has 0 bridgehead atoms. The van der Waals surface area contributed by atoms with Crippen LogP contribution in [0.5, 0.6) is 0 Å². The number of hydrogen-bond acceptors (Lipinski definition) is 4. The van der Waals surface area contributed by atoms with Crippen LogP contribution in [-0.2, 0) is 4.74 Å². The van der Waals surface area contributed by atoms with Crippen molar-refractivity contribution < 1.29 is 4.74 Å². The fraction of sp³-hybridized carbons (Fsp3) is 1.00. The van der Waals surface area contributed by atoms with Crippen molar-refractivity contribution in [2.75, 3.05) is 46.4 Å². The molecule has 0 atom stereocenters. The minimum atomic E-state index is -0.0236. The minimum Gasteiger partial charge on any atom is -0.381 e. The largest absolute Gasteiger partial charge is 0.381 e. The summed E-state index contributed by atoms with van der Waals surface area (Å²) in [7, 11) is 2.21. The molecule has 17 heavy (non-hydrogen) atoms. The molecule has 0 aliphatic carbocycles. The molecule has 2 rings (SSSR count). The fourth-order valence-corrected chi connectivity index (χ4v) is 2.86. The van der Waals surface area contributed by atoms with E-state index in [2.05, 4.69) is 30.7 Å². The van der Waals surface area contributed by atoms with Crippen LogP contribution in [0.25, 0.3) is 0 Å². The second-order valence-corrected chi connectivity index (χ2v) is 6.42. The van der Waals surface area contributed by atoms with Crippen LogP contribution in [0.1, 0.15) is 26.7 Å². The second kappa shape index (κ2) is 4.84. The summed E-state index contributed by atoms with van der Waals surface area (Å²) in [5, 5.41) is 0. The van der Waals surface area contributed by atoms with E-state index in [4.69, 9.17) is 10.5 Å². The summed E-state index contributed by atoms with van der Waals surface area (Å²) < 4.78 is 5.41. The van der Waals surface area contributed by atoms with E-state index in [1.54, 1.807) is 0 Å². The van der Waals surface area contributed by atoms with Crippen LogP contribution < -0.4 is 5.73 Å². The van der Waals surface area contributed by atoms with Crippen molar-refractivity contribution in [2.24, 2.45) is 5.73 Å². The Balaban J connectivity index is 1.91. The summed E-state index contributed by atoms with van der Waals surface area (Å²) in [6.45, 7) is 10.7. The Morgan fingerprint density at radius 1 is 1.18 bits per heavy atom. The van der Waals surface area contributed by atoms with Crippen molar-refractivity contribution in [3.63, 3.8) is 0 Å². The number of piperazine rings is 1. The van der Waals surface area contributed by atoms with E-state index in [1.165, 1.54) is 0 Å². The zero-order valence-corrected chi connectivity index (χ0v) is 11.5. The standard InChI is InChI=1S/C13H27N3O/c1-12(2)10-16(7-6-15(12)3)11-13(14)4-8-17-9-5-13/h4-11,14H2,1-3H3. The van der Waals surface area contributed by atoms with Crippen molar-refractivity contribution in [3.05, 3.63) is 0 Å². The van der Waals surface area contributed by atoms with E-state index in [9.17, 15) is 0 Å². The van der Waals surface area contributed by atoms with E-state index in [1.807, 2.05) is 0 Å². The van der Waals surface area contributed by atoms with Crippen LogP contribution in [-0.4, -0.2) is 67.3 Å². The summed E-state index contributed by atoms with van der Waals surface area (Å²) >= 11 is 0. The van der Waals surface area contributed by atoms with Gasteiger partial charge in [-0.25, -0.2) is 0 Å². The van der Waals surface area contributed by atoms with Crippen molar-refractivity contribution in [2.45, 2.75) is 37.8 Å². The maximum Gasteiger partial charge on any atom is 0.0484 e. The Bertz CT molecular complexity index is 261. The normalized spacial score (nSPS) is 30.4. The van der Waals surface area contributed by atoms with Crippen LogP contribution in [0, 0.1) is 0 Å². The molecule has 0 aromatic carbocycles. The minimum absolute atomic E-state index is 0.0236. The number of hydrogen-bond donors (Lipinski definition) is 1. The average molecular weight is 241 g/mol. The van der Waals surface area contributed by atoms with Crippen LogP contribution >= 0.6 is 0 Å². The predicted molar refractivity (Wildman–Crippen MR) is 70.1 cm³/mol. The van der Waals surface area contributed by atoms with Crippen LogP contribution in [0.15, 0.2) is 0 Å². The van der Waals surface area contributed by atoms with E-state index in [-0.39, 0.29) is 11.1 Å². The highest BCUT2D eigenvalue weighted by Crippen LogP contribution is 2.23. The lowest BCUT2D eigenvalue weighted by atomic mass is 9.89. The van der Waals surface area contributed by atoms with E-state index < -0.39 is 0 Å². The third kappa shape index (κ3) is 3.19. The summed E-state index contributed by atoms with van der Waals surface area (Å²) in [5.41, 5.74) is 6.72. The summed E-state index contributed by atoms with van der Waals surface area (Å²) in [6, 6.07) is 0. The van der Waals surface area contributed by atoms with Gasteiger partial charge in [-0.3, -0.25) is 9.80 Å². The smallest absolute Gasteiger partial charge is 0.0484 e. The molecule has 2 heterocycles. The highest BCUT2D eigenvalue weighted by Gasteiger charge is 2.36. The van der Waals surface area contributed by atoms with Crippen LogP contribution in [0.4, 0.5) is 0 Å². The van der Waals surface area contributed by atoms with Gasteiger partial charge < -0.3 is 10.5 Å². The molecule has 2 aliphatic rings. The maximum absolute atomic E-state index is 6.48. The third-order valence-corrected chi connectivity index (χ3v) is 4.42. The number of rotatable bonds is 2. The first kappa shape index (κ1) is 13.3. The van der Waals surface area contributed by atoms with Crippen molar-refractivity contribution in [3.8, 4) is 0 Å². The molecular formula is C13H27N3O. The van der Waals surface area contributed by atoms with E-state index in [0.29, 0.717) is 0 Å². The Kier molecular flexibility index (Phi) is 3.78. The maximum atomic E-state index is 6.48. The van der Waals surface area contributed by atoms with Gasteiger partial charge in [-0.2, -0.15) is 0 Å². The first-order chi connectivity index (χ1) is 7.91. The van der Waals surface area contributed by atoms with Crippen LogP contribution in [0.3, 0.4) is 0 Å². The summed E-state index contributed by atoms with van der Waals surface area (Å²) in [4.78, 5) is 4.97. The molecular weight excluding hydrogens is 214 g/mol. The molecule has 2 fully saturated rings. The Labute approximate surface area is 105 Å². The lowest BCUT2D eigenvalue weighted by molar-refractivity contribution is 0.000907. The summed E-state index contributed by atoms with van der Waals surface area (Å²) in [5.74, 6) is 0. The molecule has 0 unspecified atom stereocenters. The molecule has 4 heteroatoms. The van der Waals surface area contributed by atoms with Gasteiger partial charge in [-0.15, -0.1) is 0 Å². The zero-order valence-electron chi connectivity index (χ0n) is 11.5. The monoisotopic (exact) mass is 241 g/mol. The van der Waals surface area contributed by atoms with Gasteiger partial charge in [0.15, 0.2) is 0 Å². The fourth-order valence-electron chi connectivity index (χ4n) is 2.86.